The first-order valence-electron chi connectivity index (χ1n) is 5.42. The minimum absolute atomic E-state index is 0.107. The topological polar surface area (TPSA) is 99.9 Å². The molecular formula is C11H14N4O3. The number of aromatic amines is 2. The Morgan fingerprint density at radius 2 is 2.22 bits per heavy atom. The molecule has 0 saturated heterocycles. The van der Waals surface area contributed by atoms with Crippen molar-refractivity contribution in [1.82, 2.24) is 20.5 Å². The average Bonchev–Trinajstić information content (AvgIpc) is 2.69. The lowest BCUT2D eigenvalue weighted by atomic mass is 10.2. The maximum absolute atomic E-state index is 12.2. The summed E-state index contributed by atoms with van der Waals surface area (Å²) in [6.07, 6.45) is 0. The van der Waals surface area contributed by atoms with Crippen LogP contribution in [0.15, 0.2) is 4.79 Å². The van der Waals surface area contributed by atoms with Crippen LogP contribution in [0.25, 0.3) is 11.0 Å². The number of H-pyrrole nitrogens is 2. The molecule has 2 aromatic rings. The van der Waals surface area contributed by atoms with Gasteiger partial charge in [0.25, 0.3) is 0 Å². The molecule has 0 fully saturated rings. The van der Waals surface area contributed by atoms with Gasteiger partial charge in [0, 0.05) is 6.92 Å². The van der Waals surface area contributed by atoms with Gasteiger partial charge in [-0.15, -0.1) is 0 Å². The van der Waals surface area contributed by atoms with Gasteiger partial charge < -0.3 is 15.0 Å². The lowest BCUT2D eigenvalue weighted by Crippen LogP contribution is -2.24. The summed E-state index contributed by atoms with van der Waals surface area (Å²) in [5.41, 5.74) is 1.79. The van der Waals surface area contributed by atoms with Crippen LogP contribution in [0.4, 0.5) is 0 Å². The summed E-state index contributed by atoms with van der Waals surface area (Å²) < 4.78 is 5.14. The fourth-order valence-corrected chi connectivity index (χ4v) is 1.73. The summed E-state index contributed by atoms with van der Waals surface area (Å²) in [6.45, 7) is 3.30. The normalized spacial score (nSPS) is 10.6. The second kappa shape index (κ2) is 4.52. The van der Waals surface area contributed by atoms with Gasteiger partial charge in [-0.05, 0) is 6.92 Å². The number of aromatic nitrogens is 3. The molecule has 96 valence electrons. The largest absolute Gasteiger partial charge is 0.482 e. The van der Waals surface area contributed by atoms with Crippen molar-refractivity contribution in [2.24, 2.45) is 0 Å². The lowest BCUT2D eigenvalue weighted by molar-refractivity contribution is -0.119. The first kappa shape index (κ1) is 12.2. The maximum Gasteiger partial charge on any atom is 0.218 e. The van der Waals surface area contributed by atoms with E-state index in [0.29, 0.717) is 22.5 Å². The van der Waals surface area contributed by atoms with Gasteiger partial charge in [-0.25, -0.2) is 0 Å². The Balaban J connectivity index is 2.60. The zero-order valence-electron chi connectivity index (χ0n) is 10.4. The van der Waals surface area contributed by atoms with Crippen molar-refractivity contribution in [1.29, 1.82) is 0 Å². The highest BCUT2D eigenvalue weighted by atomic mass is 16.5. The highest BCUT2D eigenvalue weighted by molar-refractivity contribution is 5.78. The van der Waals surface area contributed by atoms with Crippen LogP contribution in [-0.4, -0.2) is 28.2 Å². The first-order chi connectivity index (χ1) is 8.54. The van der Waals surface area contributed by atoms with Gasteiger partial charge in [-0.1, -0.05) is 0 Å². The molecule has 0 aliphatic heterocycles. The number of ether oxygens (including phenoxy) is 1. The Morgan fingerprint density at radius 3 is 2.83 bits per heavy atom. The molecule has 0 spiro atoms. The summed E-state index contributed by atoms with van der Waals surface area (Å²) in [5.74, 6) is 0.125. The molecule has 0 unspecified atom stereocenters. The van der Waals surface area contributed by atoms with Crippen LogP contribution in [0.2, 0.25) is 0 Å². The van der Waals surface area contributed by atoms with E-state index in [9.17, 15) is 9.59 Å². The number of fused-ring (bicyclic) bond motifs is 1. The molecule has 7 nitrogen and oxygen atoms in total. The number of pyridine rings is 1. The Hall–Kier alpha value is -2.31. The Kier molecular flexibility index (Phi) is 3.05. The van der Waals surface area contributed by atoms with Crippen molar-refractivity contribution in [3.05, 3.63) is 21.5 Å². The molecular weight excluding hydrogens is 236 g/mol. The van der Waals surface area contributed by atoms with Crippen molar-refractivity contribution >= 4 is 16.9 Å². The number of aryl methyl sites for hydroxylation is 1. The highest BCUT2D eigenvalue weighted by Gasteiger charge is 2.16. The number of carbonyl (C=O) groups excluding carboxylic acids is 1. The summed E-state index contributed by atoms with van der Waals surface area (Å²) in [7, 11) is 1.46. The summed E-state index contributed by atoms with van der Waals surface area (Å²) >= 11 is 0. The van der Waals surface area contributed by atoms with Gasteiger partial charge in [0.1, 0.15) is 0 Å². The van der Waals surface area contributed by atoms with Gasteiger partial charge >= 0.3 is 0 Å². The van der Waals surface area contributed by atoms with Crippen LogP contribution in [0.5, 0.6) is 5.88 Å². The zero-order valence-corrected chi connectivity index (χ0v) is 10.4. The molecule has 0 bridgehead atoms. The lowest BCUT2D eigenvalue weighted by Gasteiger charge is -2.08. The Labute approximate surface area is 103 Å². The summed E-state index contributed by atoms with van der Waals surface area (Å²) in [6, 6.07) is 0. The zero-order chi connectivity index (χ0) is 13.3. The van der Waals surface area contributed by atoms with Crippen LogP contribution in [0.1, 0.15) is 18.2 Å². The van der Waals surface area contributed by atoms with E-state index in [0.717, 1.165) is 5.69 Å². The van der Waals surface area contributed by atoms with Crippen LogP contribution >= 0.6 is 0 Å². The van der Waals surface area contributed by atoms with Gasteiger partial charge in [-0.2, -0.15) is 5.10 Å². The van der Waals surface area contributed by atoms with Crippen LogP contribution < -0.4 is 15.5 Å². The van der Waals surface area contributed by atoms with E-state index in [-0.39, 0.29) is 17.9 Å². The van der Waals surface area contributed by atoms with E-state index < -0.39 is 0 Å². The molecule has 3 N–H and O–H groups in total. The van der Waals surface area contributed by atoms with E-state index in [2.05, 4.69) is 20.5 Å². The predicted octanol–water partition coefficient (Wildman–Crippen LogP) is 0.204. The Bertz CT molecular complexity index is 656. The second-order valence-corrected chi connectivity index (χ2v) is 3.95. The number of hydrogen-bond donors (Lipinski definition) is 3. The fourth-order valence-electron chi connectivity index (χ4n) is 1.73. The first-order valence-corrected chi connectivity index (χ1v) is 5.42. The number of hydrogen-bond acceptors (Lipinski definition) is 4. The number of nitrogens with zero attached hydrogens (tertiary/aromatic N) is 1. The minimum atomic E-state index is -0.251. The van der Waals surface area contributed by atoms with E-state index in [1.807, 2.05) is 0 Å². The third-order valence-corrected chi connectivity index (χ3v) is 2.67. The van der Waals surface area contributed by atoms with E-state index in [4.69, 9.17) is 4.74 Å². The number of nitrogens with one attached hydrogen (secondary N) is 3. The van der Waals surface area contributed by atoms with Gasteiger partial charge in [0.2, 0.25) is 11.3 Å². The van der Waals surface area contributed by atoms with Crippen LogP contribution in [-0.2, 0) is 11.3 Å². The smallest absolute Gasteiger partial charge is 0.218 e. The minimum Gasteiger partial charge on any atom is -0.482 e. The molecule has 0 aliphatic carbocycles. The van der Waals surface area contributed by atoms with E-state index in [1.54, 1.807) is 6.92 Å². The fraction of sp³-hybridized carbons (Fsp3) is 0.364. The molecule has 0 saturated carbocycles. The maximum atomic E-state index is 12.2. The molecule has 0 radical (unpaired) electrons. The summed E-state index contributed by atoms with van der Waals surface area (Å²) in [5, 5.41) is 9.25. The van der Waals surface area contributed by atoms with E-state index in [1.165, 1.54) is 14.0 Å². The molecule has 0 atom stereocenters. The van der Waals surface area contributed by atoms with Gasteiger partial charge in [0.05, 0.1) is 30.4 Å². The molecule has 1 amide bonds. The van der Waals surface area contributed by atoms with Crippen molar-refractivity contribution < 1.29 is 9.53 Å². The van der Waals surface area contributed by atoms with Crippen LogP contribution in [0.3, 0.4) is 0 Å². The predicted molar refractivity (Wildman–Crippen MR) is 65.5 cm³/mol. The van der Waals surface area contributed by atoms with Crippen molar-refractivity contribution in [3.63, 3.8) is 0 Å². The summed E-state index contributed by atoms with van der Waals surface area (Å²) in [4.78, 5) is 26.1. The highest BCUT2D eigenvalue weighted by Crippen LogP contribution is 2.17. The third-order valence-electron chi connectivity index (χ3n) is 2.67. The third kappa shape index (κ3) is 1.94. The average molecular weight is 250 g/mol. The van der Waals surface area contributed by atoms with E-state index >= 15 is 0 Å². The molecule has 2 heterocycles. The molecule has 0 aliphatic rings. The monoisotopic (exact) mass is 250 g/mol. The van der Waals surface area contributed by atoms with Crippen molar-refractivity contribution in [3.8, 4) is 5.88 Å². The number of amides is 1. The quantitative estimate of drug-likeness (QED) is 0.724. The second-order valence-electron chi connectivity index (χ2n) is 3.95. The van der Waals surface area contributed by atoms with Gasteiger partial charge in [0.15, 0.2) is 11.4 Å². The standard InChI is InChI=1S/C11H14N4O3/c1-5-8-9(15-14-5)10(17)7(4-12-6(2)16)11(13-8)18-3/h4H2,1-3H3,(H,12,16)(H,13,17)(H,14,15). The van der Waals surface area contributed by atoms with Crippen molar-refractivity contribution in [2.75, 3.05) is 7.11 Å². The van der Waals surface area contributed by atoms with Crippen molar-refractivity contribution in [2.45, 2.75) is 20.4 Å². The number of rotatable bonds is 3. The molecule has 7 heteroatoms. The molecule has 18 heavy (non-hydrogen) atoms. The van der Waals surface area contributed by atoms with Crippen LogP contribution in [0, 0.1) is 6.92 Å². The molecule has 2 rings (SSSR count). The van der Waals surface area contributed by atoms with Gasteiger partial charge in [-0.3, -0.25) is 14.7 Å². The Morgan fingerprint density at radius 1 is 1.50 bits per heavy atom. The SMILES string of the molecule is COc1[nH]c2c(C)[nH]nc2c(=O)c1CNC(C)=O. The number of carbonyl (C=O) groups is 1. The molecule has 2 aromatic heterocycles. The number of methoxy groups -OCH3 is 1. The molecule has 0 aromatic carbocycles.